The molecule has 0 aromatic carbocycles. The summed E-state index contributed by atoms with van der Waals surface area (Å²) in [6.07, 6.45) is 70.5. The van der Waals surface area contributed by atoms with Crippen molar-refractivity contribution in [1.29, 1.82) is 0 Å². The number of ether oxygens (including phenoxy) is 2. The van der Waals surface area contributed by atoms with Gasteiger partial charge < -0.3 is 18.9 Å². The fraction of sp³-hybridized carbons (Fsp3) is 0.844. The zero-order valence-electron chi connectivity index (χ0n) is 49.3. The normalized spacial score (nSPS) is 13.5. The number of likely N-dealkylation sites (N-methyl/N-ethyl adjacent to an activating group) is 1. The van der Waals surface area contributed by atoms with Crippen LogP contribution < -0.4 is 0 Å². The van der Waals surface area contributed by atoms with Gasteiger partial charge in [0.2, 0.25) is 0 Å². The van der Waals surface area contributed by atoms with Gasteiger partial charge in [0.1, 0.15) is 19.8 Å². The van der Waals surface area contributed by atoms with E-state index in [0.29, 0.717) is 23.9 Å². The summed E-state index contributed by atoms with van der Waals surface area (Å²) in [5, 5.41) is 0. The number of nitrogens with zero attached hydrogens (tertiary/aromatic N) is 1. The van der Waals surface area contributed by atoms with Gasteiger partial charge >= 0.3 is 19.8 Å². The molecule has 0 radical (unpaired) electrons. The van der Waals surface area contributed by atoms with Crippen LogP contribution in [0.1, 0.15) is 296 Å². The fourth-order valence-electron chi connectivity index (χ4n) is 9.07. The maximum atomic E-state index is 12.8. The highest BCUT2D eigenvalue weighted by atomic mass is 31.2. The molecule has 0 aromatic heterocycles. The average Bonchev–Trinajstić information content (AvgIpc) is 3.36. The molecule has 0 rings (SSSR count). The number of hydrogen-bond donors (Lipinski definition) is 1. The van der Waals surface area contributed by atoms with Crippen molar-refractivity contribution < 1.29 is 42.1 Å². The first kappa shape index (κ1) is 72.0. The summed E-state index contributed by atoms with van der Waals surface area (Å²) in [6.45, 7) is 4.37. The van der Waals surface area contributed by atoms with E-state index in [0.717, 1.165) is 57.8 Å². The number of phosphoric ester groups is 1. The molecule has 0 aliphatic heterocycles. The van der Waals surface area contributed by atoms with Crippen LogP contribution in [-0.2, 0) is 32.7 Å². The van der Waals surface area contributed by atoms with Crippen LogP contribution in [0.15, 0.2) is 48.6 Å². The van der Waals surface area contributed by atoms with Gasteiger partial charge in [-0.3, -0.25) is 18.6 Å². The third-order valence-corrected chi connectivity index (χ3v) is 14.9. The summed E-state index contributed by atoms with van der Waals surface area (Å²) in [6, 6.07) is 0. The molecule has 2 atom stereocenters. The lowest BCUT2D eigenvalue weighted by Crippen LogP contribution is -2.37. The van der Waals surface area contributed by atoms with Crippen molar-refractivity contribution in [2.45, 2.75) is 302 Å². The highest BCUT2D eigenvalue weighted by molar-refractivity contribution is 7.47. The highest BCUT2D eigenvalue weighted by Gasteiger charge is 2.27. The Hall–Kier alpha value is -2.03. The van der Waals surface area contributed by atoms with E-state index in [1.165, 1.54) is 205 Å². The molecule has 2 unspecified atom stereocenters. The zero-order chi connectivity index (χ0) is 54.2. The number of unbranched alkanes of at least 4 members (excludes halogenated alkanes) is 36. The van der Waals surface area contributed by atoms with E-state index in [1.54, 1.807) is 0 Å². The van der Waals surface area contributed by atoms with Crippen LogP contribution in [-0.4, -0.2) is 74.9 Å². The van der Waals surface area contributed by atoms with Gasteiger partial charge in [-0.1, -0.05) is 281 Å². The van der Waals surface area contributed by atoms with E-state index in [2.05, 4.69) is 62.5 Å². The Morgan fingerprint density at radius 3 is 1.15 bits per heavy atom. The van der Waals surface area contributed by atoms with Crippen molar-refractivity contribution >= 4 is 19.8 Å². The van der Waals surface area contributed by atoms with Crippen molar-refractivity contribution in [1.82, 2.24) is 0 Å². The molecule has 0 fully saturated rings. The van der Waals surface area contributed by atoms with Crippen LogP contribution in [0.25, 0.3) is 0 Å². The predicted octanol–water partition coefficient (Wildman–Crippen LogP) is 19.7. The smallest absolute Gasteiger partial charge is 0.462 e. The van der Waals surface area contributed by atoms with Crippen LogP contribution >= 0.6 is 7.82 Å². The van der Waals surface area contributed by atoms with Crippen LogP contribution in [0.3, 0.4) is 0 Å². The predicted molar refractivity (Wildman–Crippen MR) is 317 cm³/mol. The molecule has 1 N–H and O–H groups in total. The number of allylic oxidation sites excluding steroid dienone is 8. The van der Waals surface area contributed by atoms with Crippen LogP contribution in [0.5, 0.6) is 0 Å². The van der Waals surface area contributed by atoms with Gasteiger partial charge in [-0.15, -0.1) is 0 Å². The number of esters is 2. The largest absolute Gasteiger partial charge is 0.472 e. The van der Waals surface area contributed by atoms with Crippen molar-refractivity contribution in [3.63, 3.8) is 0 Å². The van der Waals surface area contributed by atoms with Gasteiger partial charge in [-0.25, -0.2) is 4.57 Å². The SMILES string of the molecule is CC/C=C\C/C=C\C/C=C\C/C=C\CCCCCCCCCCCCCCCCCCCCC(=O)OC(COC(=O)CCCCCCCCCCCCCCCCCCCCC)COP(=O)(O)OCC[N+](C)(C)C. The van der Waals surface area contributed by atoms with E-state index in [-0.39, 0.29) is 25.6 Å². The van der Waals surface area contributed by atoms with Gasteiger partial charge in [0.05, 0.1) is 27.7 Å². The van der Waals surface area contributed by atoms with Gasteiger partial charge in [0.15, 0.2) is 6.10 Å². The Balaban J connectivity index is 4.04. The van der Waals surface area contributed by atoms with E-state index >= 15 is 0 Å². The zero-order valence-corrected chi connectivity index (χ0v) is 50.2. The average molecular weight is 1060 g/mol. The summed E-state index contributed by atoms with van der Waals surface area (Å²) in [5.74, 6) is -0.780. The summed E-state index contributed by atoms with van der Waals surface area (Å²) < 4.78 is 34.6. The summed E-state index contributed by atoms with van der Waals surface area (Å²) >= 11 is 0. The third-order valence-electron chi connectivity index (χ3n) is 13.9. The lowest BCUT2D eigenvalue weighted by Gasteiger charge is -2.24. The maximum absolute atomic E-state index is 12.8. The Labute approximate surface area is 458 Å². The van der Waals surface area contributed by atoms with Crippen LogP contribution in [0.2, 0.25) is 0 Å². The second-order valence-electron chi connectivity index (χ2n) is 22.4. The molecule has 0 heterocycles. The minimum Gasteiger partial charge on any atom is -0.462 e. The second-order valence-corrected chi connectivity index (χ2v) is 23.9. The minimum atomic E-state index is -4.38. The number of quaternary nitrogens is 1. The van der Waals surface area contributed by atoms with Gasteiger partial charge in [-0.05, 0) is 51.4 Å². The van der Waals surface area contributed by atoms with E-state index in [4.69, 9.17) is 18.5 Å². The van der Waals surface area contributed by atoms with Crippen LogP contribution in [0.4, 0.5) is 0 Å². The van der Waals surface area contributed by atoms with E-state index in [9.17, 15) is 19.0 Å². The summed E-state index contributed by atoms with van der Waals surface area (Å²) in [4.78, 5) is 35.7. The molecule has 0 spiro atoms. The molecule has 9 nitrogen and oxygen atoms in total. The second kappa shape index (κ2) is 55.7. The molecule has 0 aromatic rings. The molecule has 0 saturated carbocycles. The molecule has 0 saturated heterocycles. The van der Waals surface area contributed by atoms with Gasteiger partial charge in [-0.2, -0.15) is 0 Å². The number of phosphoric acid groups is 1. The molecule has 0 bridgehead atoms. The molecule has 0 amide bonds. The molecule has 74 heavy (non-hydrogen) atoms. The molecule has 434 valence electrons. The standard InChI is InChI=1S/C64H120NO8P/c1-6-8-10-12-14-16-18-20-22-24-26-27-28-29-30-31-32-33-34-35-36-37-39-41-43-45-47-49-51-53-55-57-64(67)73-62(61-72-74(68,69)71-59-58-65(3,4)5)60-70-63(66)56-54-52-50-48-46-44-42-40-38-25-23-21-19-17-15-13-11-9-7-2/h8,10,14,16,20,22,26-27,62H,6-7,9,11-13,15,17-19,21,23-25,28-61H2,1-5H3/p+1/b10-8-,16-14-,22-20-,27-26-. The Morgan fingerprint density at radius 2 is 0.770 bits per heavy atom. The minimum absolute atomic E-state index is 0.0340. The molecule has 0 aliphatic rings. The number of hydrogen-bond acceptors (Lipinski definition) is 7. The van der Waals surface area contributed by atoms with E-state index < -0.39 is 26.5 Å². The topological polar surface area (TPSA) is 108 Å². The van der Waals surface area contributed by atoms with Crippen molar-refractivity contribution in [3.8, 4) is 0 Å². The van der Waals surface area contributed by atoms with E-state index in [1.807, 2.05) is 21.1 Å². The van der Waals surface area contributed by atoms with Gasteiger partial charge in [0, 0.05) is 12.8 Å². The summed E-state index contributed by atoms with van der Waals surface area (Å²) in [5.41, 5.74) is 0. The quantitative estimate of drug-likeness (QED) is 0.0211. The highest BCUT2D eigenvalue weighted by Crippen LogP contribution is 2.43. The maximum Gasteiger partial charge on any atom is 0.472 e. The molecule has 0 aliphatic carbocycles. The number of rotatable bonds is 58. The van der Waals surface area contributed by atoms with Crippen molar-refractivity contribution in [3.05, 3.63) is 48.6 Å². The van der Waals surface area contributed by atoms with Gasteiger partial charge in [0.25, 0.3) is 0 Å². The first-order valence-corrected chi connectivity index (χ1v) is 32.9. The lowest BCUT2D eigenvalue weighted by atomic mass is 10.0. The lowest BCUT2D eigenvalue weighted by molar-refractivity contribution is -0.870. The third kappa shape index (κ3) is 59.2. The van der Waals surface area contributed by atoms with Crippen LogP contribution in [0, 0.1) is 0 Å². The Bertz CT molecular complexity index is 1390. The number of carbonyl (C=O) groups excluding carboxylic acids is 2. The van der Waals surface area contributed by atoms with Crippen molar-refractivity contribution in [2.24, 2.45) is 0 Å². The molecular weight excluding hydrogens is 942 g/mol. The fourth-order valence-corrected chi connectivity index (χ4v) is 9.81. The first-order valence-electron chi connectivity index (χ1n) is 31.4. The Kier molecular flexibility index (Phi) is 54.2. The summed E-state index contributed by atoms with van der Waals surface area (Å²) in [7, 11) is 1.49. The molecule has 10 heteroatoms. The molecular formula is C64H121NO8P+. The monoisotopic (exact) mass is 1060 g/mol. The Morgan fingerprint density at radius 1 is 0.432 bits per heavy atom. The number of carbonyl (C=O) groups is 2. The first-order chi connectivity index (χ1) is 36.0. The van der Waals surface area contributed by atoms with Crippen molar-refractivity contribution in [2.75, 3.05) is 47.5 Å².